The average molecular weight is 169 g/mol. The van der Waals surface area contributed by atoms with Crippen LogP contribution in [-0.2, 0) is 0 Å². The van der Waals surface area contributed by atoms with Crippen LogP contribution in [0, 0.1) is 0 Å². The first-order valence-corrected chi connectivity index (χ1v) is 3.80. The molecule has 1 aromatic carbocycles. The van der Waals surface area contributed by atoms with Crippen LogP contribution in [0.5, 0.6) is 5.75 Å². The normalized spacial score (nSPS) is 15.6. The zero-order valence-electron chi connectivity index (χ0n) is 6.87. The van der Waals surface area contributed by atoms with Crippen LogP contribution in [0.1, 0.15) is 18.5 Å². The quantitative estimate of drug-likeness (QED) is 0.708. The lowest BCUT2D eigenvalue weighted by Crippen LogP contribution is -2.19. The Morgan fingerprint density at radius 2 is 2.00 bits per heavy atom. The van der Waals surface area contributed by atoms with Crippen LogP contribution in [-0.4, -0.2) is 11.3 Å². The number of aromatic hydroxyl groups is 1. The Morgan fingerprint density at radius 3 is 2.50 bits per heavy atom. The van der Waals surface area contributed by atoms with Gasteiger partial charge in [0, 0.05) is 5.56 Å². The van der Waals surface area contributed by atoms with Crippen LogP contribution in [0.2, 0.25) is 0 Å². The largest absolute Gasteiger partial charge is 0.508 e. The van der Waals surface area contributed by atoms with Crippen molar-refractivity contribution >= 4 is 0 Å². The van der Waals surface area contributed by atoms with Gasteiger partial charge in [-0.2, -0.15) is 0 Å². The van der Waals surface area contributed by atoms with Crippen molar-refractivity contribution in [2.75, 3.05) is 0 Å². The smallest absolute Gasteiger partial charge is 0.120 e. The van der Waals surface area contributed by atoms with Crippen LogP contribution >= 0.6 is 0 Å². The monoisotopic (exact) mass is 169 g/mol. The zero-order chi connectivity index (χ0) is 9.14. The van der Waals surface area contributed by atoms with Gasteiger partial charge < -0.3 is 10.8 Å². The molecule has 0 saturated heterocycles. The van der Waals surface area contributed by atoms with Crippen molar-refractivity contribution in [3.63, 3.8) is 0 Å². The van der Waals surface area contributed by atoms with E-state index in [2.05, 4.69) is 0 Å². The first-order valence-electron chi connectivity index (χ1n) is 3.80. The lowest BCUT2D eigenvalue weighted by Gasteiger charge is -2.13. The standard InChI is InChI=1S/C9H12FNO/c1-6(10)9(11)7-4-2-3-5-8(7)12/h2-6,9,12H,11H2,1H3. The van der Waals surface area contributed by atoms with Gasteiger partial charge in [0.2, 0.25) is 0 Å². The van der Waals surface area contributed by atoms with E-state index in [1.54, 1.807) is 18.2 Å². The second-order valence-electron chi connectivity index (χ2n) is 2.76. The molecule has 1 aromatic rings. The Hall–Kier alpha value is -1.09. The molecule has 3 heteroatoms. The maximum atomic E-state index is 12.7. The van der Waals surface area contributed by atoms with Crippen molar-refractivity contribution in [3.8, 4) is 5.75 Å². The zero-order valence-corrected chi connectivity index (χ0v) is 6.87. The van der Waals surface area contributed by atoms with Crippen molar-refractivity contribution in [2.24, 2.45) is 5.73 Å². The molecule has 0 heterocycles. The highest BCUT2D eigenvalue weighted by atomic mass is 19.1. The second kappa shape index (κ2) is 3.54. The van der Waals surface area contributed by atoms with Crippen LogP contribution in [0.25, 0.3) is 0 Å². The molecule has 0 aliphatic carbocycles. The number of para-hydroxylation sites is 1. The number of alkyl halides is 1. The van der Waals surface area contributed by atoms with E-state index in [-0.39, 0.29) is 5.75 Å². The van der Waals surface area contributed by atoms with Gasteiger partial charge >= 0.3 is 0 Å². The number of rotatable bonds is 2. The fraction of sp³-hybridized carbons (Fsp3) is 0.333. The minimum atomic E-state index is -1.15. The van der Waals surface area contributed by atoms with E-state index in [4.69, 9.17) is 5.73 Å². The molecule has 0 aromatic heterocycles. The van der Waals surface area contributed by atoms with Gasteiger partial charge in [-0.3, -0.25) is 0 Å². The summed E-state index contributed by atoms with van der Waals surface area (Å²) in [4.78, 5) is 0. The highest BCUT2D eigenvalue weighted by molar-refractivity contribution is 5.34. The summed E-state index contributed by atoms with van der Waals surface area (Å²) in [7, 11) is 0. The maximum Gasteiger partial charge on any atom is 0.120 e. The molecule has 1 rings (SSSR count). The lowest BCUT2D eigenvalue weighted by atomic mass is 10.0. The van der Waals surface area contributed by atoms with Crippen molar-refractivity contribution in [1.82, 2.24) is 0 Å². The number of hydrogen-bond acceptors (Lipinski definition) is 2. The summed E-state index contributed by atoms with van der Waals surface area (Å²) in [5.74, 6) is 0.0505. The first-order chi connectivity index (χ1) is 5.63. The summed E-state index contributed by atoms with van der Waals surface area (Å²) in [5.41, 5.74) is 5.96. The molecule has 0 bridgehead atoms. The molecule has 0 aliphatic rings. The topological polar surface area (TPSA) is 46.2 Å². The van der Waals surface area contributed by atoms with E-state index >= 15 is 0 Å². The van der Waals surface area contributed by atoms with Gasteiger partial charge in [0.05, 0.1) is 6.04 Å². The number of phenolic OH excluding ortho intramolecular Hbond substituents is 1. The van der Waals surface area contributed by atoms with Crippen molar-refractivity contribution in [1.29, 1.82) is 0 Å². The number of halogens is 1. The highest BCUT2D eigenvalue weighted by Gasteiger charge is 2.16. The molecule has 2 nitrogen and oxygen atoms in total. The Bertz CT molecular complexity index is 262. The third-order valence-corrected chi connectivity index (χ3v) is 1.79. The van der Waals surface area contributed by atoms with Crippen LogP contribution < -0.4 is 5.73 Å². The van der Waals surface area contributed by atoms with Crippen molar-refractivity contribution in [2.45, 2.75) is 19.1 Å². The fourth-order valence-corrected chi connectivity index (χ4v) is 1.02. The van der Waals surface area contributed by atoms with Crippen molar-refractivity contribution in [3.05, 3.63) is 29.8 Å². The highest BCUT2D eigenvalue weighted by Crippen LogP contribution is 2.24. The number of nitrogens with two attached hydrogens (primary N) is 1. The summed E-state index contributed by atoms with van der Waals surface area (Å²) in [6.07, 6.45) is -1.15. The minimum Gasteiger partial charge on any atom is -0.508 e. The molecule has 2 atom stereocenters. The summed E-state index contributed by atoms with van der Waals surface area (Å²) in [6.45, 7) is 1.37. The average Bonchev–Trinajstić information content (AvgIpc) is 2.04. The number of phenols is 1. The summed E-state index contributed by atoms with van der Waals surface area (Å²) >= 11 is 0. The molecule has 12 heavy (non-hydrogen) atoms. The molecule has 3 N–H and O–H groups in total. The second-order valence-corrected chi connectivity index (χ2v) is 2.76. The first kappa shape index (κ1) is 9.00. The third kappa shape index (κ3) is 1.74. The van der Waals surface area contributed by atoms with Gasteiger partial charge in [-0.05, 0) is 13.0 Å². The fourth-order valence-electron chi connectivity index (χ4n) is 1.02. The molecule has 2 unspecified atom stereocenters. The predicted octanol–water partition coefficient (Wildman–Crippen LogP) is 1.75. The lowest BCUT2D eigenvalue weighted by molar-refractivity contribution is 0.304. The van der Waals surface area contributed by atoms with E-state index in [1.165, 1.54) is 13.0 Å². The third-order valence-electron chi connectivity index (χ3n) is 1.79. The molecule has 66 valence electrons. The van der Waals surface area contributed by atoms with E-state index in [1.807, 2.05) is 0 Å². The van der Waals surface area contributed by atoms with Gasteiger partial charge in [-0.15, -0.1) is 0 Å². The SMILES string of the molecule is CC(F)C(N)c1ccccc1O. The van der Waals surface area contributed by atoms with Gasteiger partial charge in [0.15, 0.2) is 0 Å². The summed E-state index contributed by atoms with van der Waals surface area (Å²) in [6, 6.07) is 5.77. The van der Waals surface area contributed by atoms with E-state index in [9.17, 15) is 9.50 Å². The molecule has 0 aliphatic heterocycles. The summed E-state index contributed by atoms with van der Waals surface area (Å²) in [5, 5.41) is 9.28. The molecule has 0 saturated carbocycles. The van der Waals surface area contributed by atoms with Crippen LogP contribution in [0.3, 0.4) is 0 Å². The minimum absolute atomic E-state index is 0.0505. The number of hydrogen-bond donors (Lipinski definition) is 2. The van der Waals surface area contributed by atoms with Gasteiger partial charge in [-0.1, -0.05) is 18.2 Å². The Labute approximate surface area is 70.8 Å². The molecule has 0 fully saturated rings. The Balaban J connectivity index is 2.94. The molecule has 0 radical (unpaired) electrons. The van der Waals surface area contributed by atoms with Gasteiger partial charge in [0.25, 0.3) is 0 Å². The molecular formula is C9H12FNO. The molecule has 0 amide bonds. The number of benzene rings is 1. The van der Waals surface area contributed by atoms with E-state index in [0.29, 0.717) is 5.56 Å². The predicted molar refractivity (Wildman–Crippen MR) is 45.6 cm³/mol. The molecular weight excluding hydrogens is 157 g/mol. The van der Waals surface area contributed by atoms with E-state index < -0.39 is 12.2 Å². The van der Waals surface area contributed by atoms with Gasteiger partial charge in [-0.25, -0.2) is 4.39 Å². The van der Waals surface area contributed by atoms with Crippen molar-refractivity contribution < 1.29 is 9.50 Å². The Kier molecular flexibility index (Phi) is 2.65. The van der Waals surface area contributed by atoms with Crippen LogP contribution in [0.15, 0.2) is 24.3 Å². The van der Waals surface area contributed by atoms with E-state index in [0.717, 1.165) is 0 Å². The maximum absolute atomic E-state index is 12.7. The van der Waals surface area contributed by atoms with Gasteiger partial charge in [0.1, 0.15) is 11.9 Å². The molecule has 0 spiro atoms. The van der Waals surface area contributed by atoms with Crippen LogP contribution in [0.4, 0.5) is 4.39 Å². The summed E-state index contributed by atoms with van der Waals surface area (Å²) < 4.78 is 12.7. The Morgan fingerprint density at radius 1 is 1.42 bits per heavy atom.